The van der Waals surface area contributed by atoms with E-state index in [0.717, 1.165) is 11.1 Å². The van der Waals surface area contributed by atoms with Crippen LogP contribution in [0.1, 0.15) is 18.1 Å². The molecule has 0 atom stereocenters. The summed E-state index contributed by atoms with van der Waals surface area (Å²) in [4.78, 5) is 11.7. The molecule has 0 fully saturated rings. The summed E-state index contributed by atoms with van der Waals surface area (Å²) < 4.78 is 34.6. The lowest BCUT2D eigenvalue weighted by atomic mass is 10.1. The molecule has 0 radical (unpaired) electrons. The Hall–Kier alpha value is -2.25. The van der Waals surface area contributed by atoms with E-state index in [4.69, 9.17) is 16.0 Å². The van der Waals surface area contributed by atoms with Crippen LogP contribution in [0, 0.1) is 13.8 Å². The number of hydrogen-bond donors (Lipinski definition) is 1. The summed E-state index contributed by atoms with van der Waals surface area (Å²) in [5.41, 5.74) is 2.91. The zero-order valence-corrected chi connectivity index (χ0v) is 15.5. The second-order valence-corrected chi connectivity index (χ2v) is 7.77. The van der Waals surface area contributed by atoms with E-state index in [0.29, 0.717) is 17.7 Å². The molecule has 0 unspecified atom stereocenters. The summed E-state index contributed by atoms with van der Waals surface area (Å²) >= 11 is 6.19. The molecule has 0 bridgehead atoms. The molecule has 8 heteroatoms. The van der Waals surface area contributed by atoms with E-state index in [2.05, 4.69) is 4.72 Å². The molecule has 0 spiro atoms. The van der Waals surface area contributed by atoms with Gasteiger partial charge in [0.15, 0.2) is 5.58 Å². The van der Waals surface area contributed by atoms with Crippen LogP contribution in [0.2, 0.25) is 5.02 Å². The molecule has 1 aromatic heterocycles. The highest BCUT2D eigenvalue weighted by atomic mass is 35.5. The van der Waals surface area contributed by atoms with Gasteiger partial charge in [0.05, 0.1) is 16.2 Å². The summed E-state index contributed by atoms with van der Waals surface area (Å²) in [6.45, 7) is 5.92. The first-order chi connectivity index (χ1) is 11.7. The molecule has 132 valence electrons. The molecule has 6 nitrogen and oxygen atoms in total. The van der Waals surface area contributed by atoms with Gasteiger partial charge in [0, 0.05) is 12.6 Å². The first-order valence-corrected chi connectivity index (χ1v) is 9.52. The molecule has 0 saturated heterocycles. The maximum atomic E-state index is 12.8. The van der Waals surface area contributed by atoms with Crippen LogP contribution in [0.4, 0.5) is 5.69 Å². The number of nitrogens with zero attached hydrogens (tertiary/aromatic N) is 1. The van der Waals surface area contributed by atoms with Crippen LogP contribution in [0.25, 0.3) is 11.1 Å². The summed E-state index contributed by atoms with van der Waals surface area (Å²) in [5, 5.41) is 0.0216. The Morgan fingerprint density at radius 1 is 1.24 bits per heavy atom. The Morgan fingerprint density at radius 2 is 1.96 bits per heavy atom. The second-order valence-electron chi connectivity index (χ2n) is 5.72. The van der Waals surface area contributed by atoms with Crippen LogP contribution in [0.3, 0.4) is 0 Å². The molecule has 0 amide bonds. The molecule has 1 heterocycles. The lowest BCUT2D eigenvalue weighted by Crippen LogP contribution is -2.15. The smallest absolute Gasteiger partial charge is 0.408 e. The highest BCUT2D eigenvalue weighted by Gasteiger charge is 2.22. The number of fused-ring (bicyclic) bond motifs is 1. The Balaban J connectivity index is 2.12. The van der Waals surface area contributed by atoms with Crippen molar-refractivity contribution in [3.8, 4) is 0 Å². The van der Waals surface area contributed by atoms with Crippen molar-refractivity contribution in [1.82, 2.24) is 4.57 Å². The standard InChI is InChI=1S/C17H17ClN2O4S/c1-4-20-14-8-12(18)16(9-15(14)24-17(20)21)25(22,23)19-13-7-5-6-10(2)11(13)3/h5-9,19H,4H2,1-3H3. The lowest BCUT2D eigenvalue weighted by Gasteiger charge is -2.13. The molecule has 0 saturated carbocycles. The van der Waals surface area contributed by atoms with E-state index in [9.17, 15) is 13.2 Å². The van der Waals surface area contributed by atoms with Crippen molar-refractivity contribution in [1.29, 1.82) is 0 Å². The third-order valence-corrected chi connectivity index (χ3v) is 6.01. The average molecular weight is 381 g/mol. The van der Waals surface area contributed by atoms with Crippen LogP contribution in [-0.2, 0) is 16.6 Å². The van der Waals surface area contributed by atoms with Crippen molar-refractivity contribution in [3.63, 3.8) is 0 Å². The predicted molar refractivity (Wildman–Crippen MR) is 97.9 cm³/mol. The Labute approximate surface area is 150 Å². The van der Waals surface area contributed by atoms with Crippen molar-refractivity contribution < 1.29 is 12.8 Å². The largest absolute Gasteiger partial charge is 0.419 e. The Bertz CT molecular complexity index is 1130. The fourth-order valence-corrected chi connectivity index (χ4v) is 4.29. The van der Waals surface area contributed by atoms with Gasteiger partial charge in [0.25, 0.3) is 10.0 Å². The molecular weight excluding hydrogens is 364 g/mol. The van der Waals surface area contributed by atoms with Crippen LogP contribution in [0.5, 0.6) is 0 Å². The summed E-state index contributed by atoms with van der Waals surface area (Å²) in [6, 6.07) is 8.06. The zero-order valence-electron chi connectivity index (χ0n) is 14.0. The van der Waals surface area contributed by atoms with Crippen LogP contribution in [0.15, 0.2) is 44.4 Å². The van der Waals surface area contributed by atoms with Gasteiger partial charge in [-0.15, -0.1) is 0 Å². The molecule has 3 rings (SSSR count). The molecule has 0 aliphatic carbocycles. The van der Waals surface area contributed by atoms with Gasteiger partial charge in [0.1, 0.15) is 4.90 Å². The molecule has 0 aliphatic heterocycles. The van der Waals surface area contributed by atoms with Gasteiger partial charge in [-0.25, -0.2) is 13.2 Å². The van der Waals surface area contributed by atoms with Crippen LogP contribution >= 0.6 is 11.6 Å². The minimum Gasteiger partial charge on any atom is -0.408 e. The zero-order chi connectivity index (χ0) is 18.4. The van der Waals surface area contributed by atoms with Gasteiger partial charge in [-0.3, -0.25) is 9.29 Å². The predicted octanol–water partition coefficient (Wildman–Crippen LogP) is 3.69. The van der Waals surface area contributed by atoms with Gasteiger partial charge in [-0.1, -0.05) is 23.7 Å². The third-order valence-electron chi connectivity index (χ3n) is 4.18. The fourth-order valence-electron chi connectivity index (χ4n) is 2.63. The number of benzene rings is 2. The number of nitrogens with one attached hydrogen (secondary N) is 1. The maximum absolute atomic E-state index is 12.8. The van der Waals surface area contributed by atoms with E-state index in [-0.39, 0.29) is 15.5 Å². The number of hydrogen-bond acceptors (Lipinski definition) is 4. The average Bonchev–Trinajstić information content (AvgIpc) is 2.85. The fraction of sp³-hybridized carbons (Fsp3) is 0.235. The normalized spacial score (nSPS) is 11.8. The molecule has 0 aliphatic rings. The molecule has 1 N–H and O–H groups in total. The highest BCUT2D eigenvalue weighted by Crippen LogP contribution is 2.30. The first-order valence-electron chi connectivity index (χ1n) is 7.66. The summed E-state index contributed by atoms with van der Waals surface area (Å²) in [6.07, 6.45) is 0. The quantitative estimate of drug-likeness (QED) is 0.748. The van der Waals surface area contributed by atoms with E-state index in [1.54, 1.807) is 19.1 Å². The second kappa shape index (κ2) is 6.24. The number of oxazole rings is 1. The summed E-state index contributed by atoms with van der Waals surface area (Å²) in [5.74, 6) is -0.550. The molecular formula is C17H17ClN2O4S. The van der Waals surface area contributed by atoms with Crippen molar-refractivity contribution in [3.05, 3.63) is 57.0 Å². The molecule has 3 aromatic rings. The number of aryl methyl sites for hydroxylation is 2. The molecule has 25 heavy (non-hydrogen) atoms. The van der Waals surface area contributed by atoms with E-state index in [1.807, 2.05) is 19.9 Å². The third kappa shape index (κ3) is 3.05. The van der Waals surface area contributed by atoms with Crippen LogP contribution < -0.4 is 10.5 Å². The highest BCUT2D eigenvalue weighted by molar-refractivity contribution is 7.92. The topological polar surface area (TPSA) is 81.3 Å². The van der Waals surface area contributed by atoms with Gasteiger partial charge in [-0.2, -0.15) is 0 Å². The lowest BCUT2D eigenvalue weighted by molar-refractivity contribution is 0.512. The number of anilines is 1. The maximum Gasteiger partial charge on any atom is 0.419 e. The van der Waals surface area contributed by atoms with Gasteiger partial charge >= 0.3 is 5.76 Å². The van der Waals surface area contributed by atoms with Gasteiger partial charge in [-0.05, 0) is 44.0 Å². The minimum absolute atomic E-state index is 0.0216. The van der Waals surface area contributed by atoms with E-state index in [1.165, 1.54) is 16.7 Å². The van der Waals surface area contributed by atoms with E-state index < -0.39 is 15.8 Å². The van der Waals surface area contributed by atoms with Crippen molar-refractivity contribution in [2.45, 2.75) is 32.2 Å². The number of sulfonamides is 1. The number of aromatic nitrogens is 1. The van der Waals surface area contributed by atoms with E-state index >= 15 is 0 Å². The minimum atomic E-state index is -3.94. The number of rotatable bonds is 4. The van der Waals surface area contributed by atoms with Crippen molar-refractivity contribution in [2.24, 2.45) is 0 Å². The Kier molecular flexibility index (Phi) is 4.38. The number of halogens is 1. The Morgan fingerprint density at radius 3 is 2.64 bits per heavy atom. The van der Waals surface area contributed by atoms with Crippen molar-refractivity contribution >= 4 is 38.4 Å². The summed E-state index contributed by atoms with van der Waals surface area (Å²) in [7, 11) is -3.94. The monoisotopic (exact) mass is 380 g/mol. The molecule has 2 aromatic carbocycles. The SMILES string of the molecule is CCn1c(=O)oc2cc(S(=O)(=O)Nc3cccc(C)c3C)c(Cl)cc21. The van der Waals surface area contributed by atoms with Gasteiger partial charge < -0.3 is 4.42 Å². The first kappa shape index (κ1) is 17.6. The van der Waals surface area contributed by atoms with Crippen molar-refractivity contribution in [2.75, 3.05) is 4.72 Å². The van der Waals surface area contributed by atoms with Crippen LogP contribution in [-0.4, -0.2) is 13.0 Å². The van der Waals surface area contributed by atoms with Gasteiger partial charge in [0.2, 0.25) is 0 Å².